The van der Waals surface area contributed by atoms with Crippen LogP contribution in [0.25, 0.3) is 0 Å². The topological polar surface area (TPSA) is 39.7 Å². The van der Waals surface area contributed by atoms with Crippen molar-refractivity contribution in [2.75, 3.05) is 40.8 Å². The molecule has 0 aliphatic heterocycles. The molecule has 0 fully saturated rings. The summed E-state index contributed by atoms with van der Waals surface area (Å²) >= 11 is 0. The largest absolute Gasteiger partial charge is 0.356 e. The molecule has 0 radical (unpaired) electrons. The summed E-state index contributed by atoms with van der Waals surface area (Å²) in [6.07, 6.45) is 2.13. The number of benzene rings is 1. The van der Waals surface area contributed by atoms with Gasteiger partial charge in [0.05, 0.1) is 0 Å². The van der Waals surface area contributed by atoms with E-state index in [1.807, 2.05) is 7.05 Å². The van der Waals surface area contributed by atoms with Crippen LogP contribution in [0.15, 0.2) is 23.2 Å². The molecule has 1 rings (SSSR count). The van der Waals surface area contributed by atoms with Crippen molar-refractivity contribution in [3.63, 3.8) is 0 Å². The minimum Gasteiger partial charge on any atom is -0.356 e. The molecule has 4 nitrogen and oxygen atoms in total. The summed E-state index contributed by atoms with van der Waals surface area (Å²) < 4.78 is 0. The van der Waals surface area contributed by atoms with Crippen LogP contribution in [0.1, 0.15) is 23.1 Å². The summed E-state index contributed by atoms with van der Waals surface area (Å²) in [5.41, 5.74) is 4.04. The van der Waals surface area contributed by atoms with Gasteiger partial charge in [0.25, 0.3) is 0 Å². The molecule has 0 saturated carbocycles. The Bertz CT molecular complexity index is 438. The van der Waals surface area contributed by atoms with Gasteiger partial charge in [0, 0.05) is 20.1 Å². The summed E-state index contributed by atoms with van der Waals surface area (Å²) in [6, 6.07) is 6.71. The van der Waals surface area contributed by atoms with Gasteiger partial charge in [0.15, 0.2) is 5.96 Å². The molecule has 2 N–H and O–H groups in total. The van der Waals surface area contributed by atoms with Crippen LogP contribution in [0.5, 0.6) is 0 Å². The van der Waals surface area contributed by atoms with Gasteiger partial charge in [-0.25, -0.2) is 0 Å². The lowest BCUT2D eigenvalue weighted by atomic mass is 10.1. The molecular formula is C17H31IN4. The first-order chi connectivity index (χ1) is 10.0. The lowest BCUT2D eigenvalue weighted by Crippen LogP contribution is -2.39. The van der Waals surface area contributed by atoms with E-state index >= 15 is 0 Å². The maximum absolute atomic E-state index is 4.25. The van der Waals surface area contributed by atoms with Gasteiger partial charge in [-0.3, -0.25) is 4.99 Å². The highest BCUT2D eigenvalue weighted by Crippen LogP contribution is 2.08. The van der Waals surface area contributed by atoms with Crippen LogP contribution in [-0.4, -0.2) is 51.6 Å². The van der Waals surface area contributed by atoms with Gasteiger partial charge < -0.3 is 15.5 Å². The highest BCUT2D eigenvalue weighted by Gasteiger charge is 1.99. The molecule has 0 amide bonds. The Labute approximate surface area is 152 Å². The molecule has 0 saturated heterocycles. The van der Waals surface area contributed by atoms with Gasteiger partial charge in [-0.2, -0.15) is 0 Å². The predicted molar refractivity (Wildman–Crippen MR) is 108 cm³/mol. The van der Waals surface area contributed by atoms with Gasteiger partial charge in [0.2, 0.25) is 0 Å². The van der Waals surface area contributed by atoms with Crippen LogP contribution in [0, 0.1) is 13.8 Å². The zero-order chi connectivity index (χ0) is 15.7. The van der Waals surface area contributed by atoms with Crippen molar-refractivity contribution in [2.45, 2.75) is 26.7 Å². The minimum absolute atomic E-state index is 0. The normalized spacial score (nSPS) is 11.3. The second kappa shape index (κ2) is 11.7. The first-order valence-corrected chi connectivity index (χ1v) is 7.67. The fraction of sp³-hybridized carbons (Fsp3) is 0.588. The van der Waals surface area contributed by atoms with Crippen molar-refractivity contribution in [1.82, 2.24) is 15.5 Å². The molecule has 5 heteroatoms. The van der Waals surface area contributed by atoms with E-state index in [-0.39, 0.29) is 24.0 Å². The molecule has 0 aromatic heterocycles. The summed E-state index contributed by atoms with van der Waals surface area (Å²) in [4.78, 5) is 6.44. The lowest BCUT2D eigenvalue weighted by Gasteiger charge is -2.14. The van der Waals surface area contributed by atoms with Gasteiger partial charge >= 0.3 is 0 Å². The first kappa shape index (κ1) is 21.2. The Morgan fingerprint density at radius 1 is 1.05 bits per heavy atom. The Morgan fingerprint density at radius 3 is 2.18 bits per heavy atom. The molecule has 1 aromatic rings. The van der Waals surface area contributed by atoms with Crippen molar-refractivity contribution >= 4 is 29.9 Å². The van der Waals surface area contributed by atoms with Gasteiger partial charge in [-0.1, -0.05) is 29.3 Å². The van der Waals surface area contributed by atoms with Crippen LogP contribution < -0.4 is 10.6 Å². The third-order valence-corrected chi connectivity index (χ3v) is 3.29. The molecule has 0 unspecified atom stereocenters. The quantitative estimate of drug-likeness (QED) is 0.310. The molecule has 1 aromatic carbocycles. The van der Waals surface area contributed by atoms with Crippen LogP contribution in [-0.2, 0) is 6.42 Å². The molecule has 0 heterocycles. The molecule has 22 heavy (non-hydrogen) atoms. The van der Waals surface area contributed by atoms with Crippen molar-refractivity contribution in [2.24, 2.45) is 4.99 Å². The molecule has 126 valence electrons. The lowest BCUT2D eigenvalue weighted by molar-refractivity contribution is 0.399. The van der Waals surface area contributed by atoms with Crippen molar-refractivity contribution < 1.29 is 0 Å². The number of nitrogens with one attached hydrogen (secondary N) is 2. The average Bonchev–Trinajstić information content (AvgIpc) is 2.40. The molecule has 0 atom stereocenters. The fourth-order valence-corrected chi connectivity index (χ4v) is 2.36. The van der Waals surface area contributed by atoms with E-state index in [1.165, 1.54) is 16.7 Å². The number of aliphatic imine (C=N–C) groups is 1. The van der Waals surface area contributed by atoms with E-state index in [0.717, 1.165) is 38.4 Å². The maximum atomic E-state index is 4.25. The minimum atomic E-state index is 0. The third-order valence-electron chi connectivity index (χ3n) is 3.29. The van der Waals surface area contributed by atoms with E-state index in [2.05, 4.69) is 66.7 Å². The number of halogens is 1. The highest BCUT2D eigenvalue weighted by atomic mass is 127. The zero-order valence-electron chi connectivity index (χ0n) is 14.6. The van der Waals surface area contributed by atoms with E-state index in [0.29, 0.717) is 0 Å². The number of aryl methyl sites for hydroxylation is 2. The Balaban J connectivity index is 0.00000441. The van der Waals surface area contributed by atoms with E-state index in [1.54, 1.807) is 0 Å². The number of guanidine groups is 1. The highest BCUT2D eigenvalue weighted by molar-refractivity contribution is 14.0. The predicted octanol–water partition coefficient (Wildman–Crippen LogP) is 2.58. The van der Waals surface area contributed by atoms with Gasteiger partial charge in [-0.15, -0.1) is 24.0 Å². The second-order valence-electron chi connectivity index (χ2n) is 5.83. The van der Waals surface area contributed by atoms with Crippen molar-refractivity contribution in [1.29, 1.82) is 0 Å². The summed E-state index contributed by atoms with van der Waals surface area (Å²) in [5, 5.41) is 6.72. The SMILES string of the molecule is CN=C(NCCCN(C)C)NCCc1cc(C)cc(C)c1.I. The van der Waals surface area contributed by atoms with Crippen LogP contribution >= 0.6 is 24.0 Å². The van der Waals surface area contributed by atoms with E-state index < -0.39 is 0 Å². The summed E-state index contributed by atoms with van der Waals surface area (Å²) in [6.45, 7) is 7.23. The van der Waals surface area contributed by atoms with Crippen LogP contribution in [0.2, 0.25) is 0 Å². The maximum Gasteiger partial charge on any atom is 0.190 e. The zero-order valence-corrected chi connectivity index (χ0v) is 16.9. The summed E-state index contributed by atoms with van der Waals surface area (Å²) in [5.74, 6) is 0.887. The third kappa shape index (κ3) is 9.25. The van der Waals surface area contributed by atoms with Gasteiger partial charge in [0.1, 0.15) is 0 Å². The van der Waals surface area contributed by atoms with Gasteiger partial charge in [-0.05, 0) is 52.9 Å². The average molecular weight is 418 g/mol. The van der Waals surface area contributed by atoms with E-state index in [9.17, 15) is 0 Å². The Hall–Kier alpha value is -0.820. The van der Waals surface area contributed by atoms with Crippen LogP contribution in [0.4, 0.5) is 0 Å². The Kier molecular flexibility index (Phi) is 11.3. The second-order valence-corrected chi connectivity index (χ2v) is 5.83. The fourth-order valence-electron chi connectivity index (χ4n) is 2.36. The number of hydrogen-bond acceptors (Lipinski definition) is 2. The van der Waals surface area contributed by atoms with Crippen molar-refractivity contribution in [3.8, 4) is 0 Å². The smallest absolute Gasteiger partial charge is 0.190 e. The summed E-state index contributed by atoms with van der Waals surface area (Å²) in [7, 11) is 6.01. The van der Waals surface area contributed by atoms with Crippen molar-refractivity contribution in [3.05, 3.63) is 34.9 Å². The van der Waals surface area contributed by atoms with Crippen LogP contribution in [0.3, 0.4) is 0 Å². The monoisotopic (exact) mass is 418 g/mol. The Morgan fingerprint density at radius 2 is 1.64 bits per heavy atom. The molecule has 0 aliphatic rings. The molecular weight excluding hydrogens is 387 g/mol. The van der Waals surface area contributed by atoms with E-state index in [4.69, 9.17) is 0 Å². The molecule has 0 bridgehead atoms. The number of hydrogen-bond donors (Lipinski definition) is 2. The molecule has 0 spiro atoms. The number of nitrogens with zero attached hydrogens (tertiary/aromatic N) is 2. The number of rotatable bonds is 7. The molecule has 0 aliphatic carbocycles. The standard InChI is InChI=1S/C17H30N4.HI/c1-14-11-15(2)13-16(12-14)7-9-20-17(18-3)19-8-6-10-21(4)5;/h11-13H,6-10H2,1-5H3,(H2,18,19,20);1H. The first-order valence-electron chi connectivity index (χ1n) is 7.67.